The van der Waals surface area contributed by atoms with E-state index in [1.165, 1.54) is 0 Å². The summed E-state index contributed by atoms with van der Waals surface area (Å²) in [5, 5.41) is 20.2. The molecule has 0 unspecified atom stereocenters. The van der Waals surface area contributed by atoms with Crippen molar-refractivity contribution < 1.29 is 14.7 Å². The lowest BCUT2D eigenvalue weighted by molar-refractivity contribution is -0.149. The van der Waals surface area contributed by atoms with E-state index in [0.717, 1.165) is 29.4 Å². The van der Waals surface area contributed by atoms with Crippen LogP contribution in [0.25, 0.3) is 0 Å². The van der Waals surface area contributed by atoms with Gasteiger partial charge in [0, 0.05) is 43.9 Å². The molecule has 3 fully saturated rings. The lowest BCUT2D eigenvalue weighted by Crippen LogP contribution is -2.44. The van der Waals surface area contributed by atoms with Crippen LogP contribution >= 0.6 is 11.3 Å². The molecule has 3 aliphatic rings. The molecule has 8 heteroatoms. The average molecular weight is 364 g/mol. The van der Waals surface area contributed by atoms with Gasteiger partial charge in [-0.3, -0.25) is 9.59 Å². The zero-order valence-electron chi connectivity index (χ0n) is 14.6. The number of aliphatic carboxylic acids is 1. The van der Waals surface area contributed by atoms with Gasteiger partial charge >= 0.3 is 5.97 Å². The van der Waals surface area contributed by atoms with Crippen LogP contribution in [0.5, 0.6) is 0 Å². The molecule has 7 nitrogen and oxygen atoms in total. The van der Waals surface area contributed by atoms with Gasteiger partial charge in [-0.25, -0.2) is 0 Å². The van der Waals surface area contributed by atoms with Crippen molar-refractivity contribution in [2.75, 3.05) is 31.1 Å². The van der Waals surface area contributed by atoms with Crippen molar-refractivity contribution in [1.29, 1.82) is 0 Å². The number of rotatable bonds is 4. The Kier molecular flexibility index (Phi) is 3.97. The summed E-state index contributed by atoms with van der Waals surface area (Å²) in [5.41, 5.74) is -0.872. The third-order valence-corrected chi connectivity index (χ3v) is 7.28. The fourth-order valence-corrected chi connectivity index (χ4v) is 5.04. The molecule has 1 aromatic heterocycles. The number of amides is 1. The fourth-order valence-electron chi connectivity index (χ4n) is 4.18. The molecule has 0 aromatic carbocycles. The molecule has 136 valence electrons. The number of hydrogen-bond acceptors (Lipinski definition) is 6. The summed E-state index contributed by atoms with van der Waals surface area (Å²) in [6, 6.07) is 0. The zero-order valence-corrected chi connectivity index (χ0v) is 15.5. The van der Waals surface area contributed by atoms with Crippen molar-refractivity contribution in [3.05, 3.63) is 5.01 Å². The Hall–Kier alpha value is -1.70. The Balaban J connectivity index is 1.52. The molecule has 1 aliphatic carbocycles. The highest BCUT2D eigenvalue weighted by molar-refractivity contribution is 7.15. The maximum Gasteiger partial charge on any atom is 0.313 e. The van der Waals surface area contributed by atoms with Crippen molar-refractivity contribution in [3.63, 3.8) is 0 Å². The maximum atomic E-state index is 12.6. The molecule has 0 spiro atoms. The number of fused-ring (bicyclic) bond motifs is 1. The second-order valence-electron chi connectivity index (χ2n) is 7.96. The van der Waals surface area contributed by atoms with Crippen molar-refractivity contribution in [1.82, 2.24) is 15.1 Å². The van der Waals surface area contributed by atoms with Gasteiger partial charge in [-0.2, -0.15) is 0 Å². The number of anilines is 1. The molecule has 2 saturated heterocycles. The predicted molar refractivity (Wildman–Crippen MR) is 93.7 cm³/mol. The molecule has 3 heterocycles. The van der Waals surface area contributed by atoms with Gasteiger partial charge in [-0.15, -0.1) is 10.2 Å². The first-order valence-electron chi connectivity index (χ1n) is 9.01. The van der Waals surface area contributed by atoms with Crippen LogP contribution in [0.15, 0.2) is 0 Å². The summed E-state index contributed by atoms with van der Waals surface area (Å²) >= 11 is 1.54. The molecular weight excluding hydrogens is 340 g/mol. The lowest BCUT2D eigenvalue weighted by Gasteiger charge is -2.31. The van der Waals surface area contributed by atoms with Gasteiger partial charge < -0.3 is 14.9 Å². The van der Waals surface area contributed by atoms with Gasteiger partial charge in [0.1, 0.15) is 10.4 Å². The number of carbonyl (C=O) groups excluding carboxylic acids is 1. The van der Waals surface area contributed by atoms with Crippen molar-refractivity contribution in [2.24, 2.45) is 17.3 Å². The standard InChI is InChI=1S/C17H24N4O3S/c1-10(2)13-18-19-16(25-13)21-7-12-6-20(14(22)11-4-3-5-11)8-17(12,9-21)15(23)24/h10-12H,3-9H2,1-2H3,(H,23,24)/t12-,17-/m1/s1. The Labute approximate surface area is 151 Å². The van der Waals surface area contributed by atoms with E-state index in [1.54, 1.807) is 16.2 Å². The van der Waals surface area contributed by atoms with E-state index in [9.17, 15) is 14.7 Å². The van der Waals surface area contributed by atoms with Crippen LogP contribution in [0.4, 0.5) is 5.13 Å². The van der Waals surface area contributed by atoms with E-state index in [4.69, 9.17) is 0 Å². The van der Waals surface area contributed by atoms with Crippen LogP contribution in [-0.2, 0) is 9.59 Å². The Morgan fingerprint density at radius 1 is 1.24 bits per heavy atom. The van der Waals surface area contributed by atoms with Gasteiger partial charge in [-0.1, -0.05) is 31.6 Å². The van der Waals surface area contributed by atoms with Crippen LogP contribution in [-0.4, -0.2) is 58.3 Å². The number of carboxylic acids is 1. The van der Waals surface area contributed by atoms with Crippen LogP contribution in [0.1, 0.15) is 44.0 Å². The second-order valence-corrected chi connectivity index (χ2v) is 8.95. The molecule has 0 radical (unpaired) electrons. The molecule has 1 saturated carbocycles. The minimum absolute atomic E-state index is 0.0413. The zero-order chi connectivity index (χ0) is 17.8. The predicted octanol–water partition coefficient (Wildman–Crippen LogP) is 1.81. The summed E-state index contributed by atoms with van der Waals surface area (Å²) in [6.07, 6.45) is 3.02. The van der Waals surface area contributed by atoms with E-state index in [0.29, 0.717) is 32.1 Å². The second kappa shape index (κ2) is 5.93. The fraction of sp³-hybridized carbons (Fsp3) is 0.765. The van der Waals surface area contributed by atoms with Crippen LogP contribution in [0.2, 0.25) is 0 Å². The summed E-state index contributed by atoms with van der Waals surface area (Å²) < 4.78 is 0. The molecular formula is C17H24N4O3S. The Morgan fingerprint density at radius 3 is 2.52 bits per heavy atom. The molecule has 1 N–H and O–H groups in total. The highest BCUT2D eigenvalue weighted by atomic mass is 32.1. The third kappa shape index (κ3) is 2.61. The molecule has 25 heavy (non-hydrogen) atoms. The van der Waals surface area contributed by atoms with E-state index in [-0.39, 0.29) is 17.7 Å². The molecule has 4 rings (SSSR count). The van der Waals surface area contributed by atoms with Crippen molar-refractivity contribution in [3.8, 4) is 0 Å². The number of likely N-dealkylation sites (tertiary alicyclic amines) is 1. The molecule has 1 aromatic rings. The number of hydrogen-bond donors (Lipinski definition) is 1. The van der Waals surface area contributed by atoms with Crippen LogP contribution in [0, 0.1) is 17.3 Å². The van der Waals surface area contributed by atoms with Crippen molar-refractivity contribution in [2.45, 2.75) is 39.0 Å². The van der Waals surface area contributed by atoms with E-state index >= 15 is 0 Å². The quantitative estimate of drug-likeness (QED) is 0.877. The highest BCUT2D eigenvalue weighted by Crippen LogP contribution is 2.46. The van der Waals surface area contributed by atoms with Gasteiger partial charge in [0.2, 0.25) is 11.0 Å². The minimum Gasteiger partial charge on any atom is -0.481 e. The summed E-state index contributed by atoms with van der Waals surface area (Å²) in [6.45, 7) is 6.07. The first kappa shape index (κ1) is 16.8. The maximum absolute atomic E-state index is 12.6. The topological polar surface area (TPSA) is 86.6 Å². The Bertz CT molecular complexity index is 702. The van der Waals surface area contributed by atoms with Crippen LogP contribution in [0.3, 0.4) is 0 Å². The first-order chi connectivity index (χ1) is 11.9. The first-order valence-corrected chi connectivity index (χ1v) is 9.83. The summed E-state index contributed by atoms with van der Waals surface area (Å²) in [4.78, 5) is 28.5. The van der Waals surface area contributed by atoms with E-state index in [1.807, 2.05) is 4.90 Å². The van der Waals surface area contributed by atoms with Gasteiger partial charge in [0.15, 0.2) is 0 Å². The van der Waals surface area contributed by atoms with E-state index in [2.05, 4.69) is 24.0 Å². The minimum atomic E-state index is -0.872. The van der Waals surface area contributed by atoms with Crippen molar-refractivity contribution >= 4 is 28.3 Å². The molecule has 2 aliphatic heterocycles. The smallest absolute Gasteiger partial charge is 0.313 e. The SMILES string of the molecule is CC(C)c1nnc(N2C[C@H]3CN(C(=O)C4CCC4)C[C@@]3(C(=O)O)C2)s1. The summed E-state index contributed by atoms with van der Waals surface area (Å²) in [5.74, 6) is -0.237. The largest absolute Gasteiger partial charge is 0.481 e. The monoisotopic (exact) mass is 364 g/mol. The third-order valence-electron chi connectivity index (χ3n) is 6.00. The van der Waals surface area contributed by atoms with Gasteiger partial charge in [0.25, 0.3) is 0 Å². The van der Waals surface area contributed by atoms with Gasteiger partial charge in [-0.05, 0) is 12.8 Å². The summed E-state index contributed by atoms with van der Waals surface area (Å²) in [7, 11) is 0. The normalized spacial score (nSPS) is 29.2. The van der Waals surface area contributed by atoms with E-state index < -0.39 is 11.4 Å². The highest BCUT2D eigenvalue weighted by Gasteiger charge is 2.59. The molecule has 2 atom stereocenters. The Morgan fingerprint density at radius 2 is 2.00 bits per heavy atom. The van der Waals surface area contributed by atoms with Crippen LogP contribution < -0.4 is 4.90 Å². The number of carboxylic acid groups (broad SMARTS) is 1. The lowest BCUT2D eigenvalue weighted by atomic mass is 9.81. The van der Waals surface area contributed by atoms with Gasteiger partial charge in [0.05, 0.1) is 0 Å². The average Bonchev–Trinajstić information content (AvgIpc) is 3.17. The molecule has 1 amide bonds. The molecule has 0 bridgehead atoms. The number of carbonyl (C=O) groups is 2. The number of aromatic nitrogens is 2. The number of nitrogens with zero attached hydrogens (tertiary/aromatic N) is 4.